The van der Waals surface area contributed by atoms with E-state index in [-0.39, 0.29) is 10.8 Å². The first-order chi connectivity index (χ1) is 8.18. The van der Waals surface area contributed by atoms with Crippen molar-refractivity contribution in [2.24, 2.45) is 0 Å². The summed E-state index contributed by atoms with van der Waals surface area (Å²) in [5.74, 6) is 0.251. The van der Waals surface area contributed by atoms with Gasteiger partial charge in [0.2, 0.25) is 0 Å². The van der Waals surface area contributed by atoms with E-state index in [4.69, 9.17) is 11.6 Å². The molecule has 4 heteroatoms. The summed E-state index contributed by atoms with van der Waals surface area (Å²) in [4.78, 5) is 0.729. The second-order valence-electron chi connectivity index (χ2n) is 3.47. The summed E-state index contributed by atoms with van der Waals surface area (Å²) in [6.45, 7) is 0. The highest BCUT2D eigenvalue weighted by Crippen LogP contribution is 2.31. The molecular weight excluding hydrogens is 259 g/mol. The first-order valence-corrected chi connectivity index (χ1v) is 6.38. The highest BCUT2D eigenvalue weighted by atomic mass is 35.5. The zero-order valence-corrected chi connectivity index (χ0v) is 10.4. The van der Waals surface area contributed by atoms with Crippen LogP contribution in [0, 0.1) is 5.82 Å². The highest BCUT2D eigenvalue weighted by Gasteiger charge is 2.07. The van der Waals surface area contributed by atoms with E-state index in [1.807, 2.05) is 6.07 Å². The van der Waals surface area contributed by atoms with Crippen molar-refractivity contribution < 1.29 is 9.50 Å². The molecule has 0 amide bonds. The summed E-state index contributed by atoms with van der Waals surface area (Å²) in [6, 6.07) is 11.9. The van der Waals surface area contributed by atoms with Gasteiger partial charge in [0.15, 0.2) is 0 Å². The van der Waals surface area contributed by atoms with Crippen LogP contribution in [0.3, 0.4) is 0 Å². The lowest BCUT2D eigenvalue weighted by Crippen LogP contribution is -1.88. The van der Waals surface area contributed by atoms with Gasteiger partial charge in [-0.15, -0.1) is 11.8 Å². The van der Waals surface area contributed by atoms with E-state index in [9.17, 15) is 9.50 Å². The smallest absolute Gasteiger partial charge is 0.145 e. The van der Waals surface area contributed by atoms with Gasteiger partial charge >= 0.3 is 0 Å². The van der Waals surface area contributed by atoms with Crippen LogP contribution >= 0.6 is 23.4 Å². The standard InChI is InChI=1S/C13H10ClFOS/c14-10-5-3-4-9(13(10)15)8-17-12-7-2-1-6-11(12)16/h1-7,16H,8H2. The van der Waals surface area contributed by atoms with E-state index < -0.39 is 5.82 Å². The van der Waals surface area contributed by atoms with Crippen molar-refractivity contribution in [1.29, 1.82) is 0 Å². The molecule has 0 saturated carbocycles. The molecule has 0 atom stereocenters. The SMILES string of the molecule is Oc1ccccc1SCc1cccc(Cl)c1F. The summed E-state index contributed by atoms with van der Waals surface area (Å²) >= 11 is 7.07. The molecule has 0 aromatic heterocycles. The van der Waals surface area contributed by atoms with Crippen molar-refractivity contribution in [3.8, 4) is 5.75 Å². The van der Waals surface area contributed by atoms with Gasteiger partial charge in [0.05, 0.1) is 5.02 Å². The number of para-hydroxylation sites is 1. The predicted molar refractivity (Wildman–Crippen MR) is 69.1 cm³/mol. The zero-order chi connectivity index (χ0) is 12.3. The van der Waals surface area contributed by atoms with Crippen molar-refractivity contribution in [2.75, 3.05) is 0 Å². The van der Waals surface area contributed by atoms with Crippen LogP contribution in [0.15, 0.2) is 47.4 Å². The molecule has 0 aliphatic carbocycles. The van der Waals surface area contributed by atoms with Crippen LogP contribution in [-0.2, 0) is 5.75 Å². The lowest BCUT2D eigenvalue weighted by Gasteiger charge is -2.05. The molecule has 1 N–H and O–H groups in total. The minimum absolute atomic E-state index is 0.125. The Labute approximate surface area is 108 Å². The van der Waals surface area contributed by atoms with Crippen molar-refractivity contribution in [1.82, 2.24) is 0 Å². The van der Waals surface area contributed by atoms with Gasteiger partial charge in [-0.05, 0) is 23.8 Å². The second kappa shape index (κ2) is 5.43. The minimum atomic E-state index is -0.392. The maximum Gasteiger partial charge on any atom is 0.145 e. The number of hydrogen-bond acceptors (Lipinski definition) is 2. The first kappa shape index (κ1) is 12.3. The molecule has 0 radical (unpaired) electrons. The Morgan fingerprint density at radius 3 is 2.65 bits per heavy atom. The average molecular weight is 269 g/mol. The topological polar surface area (TPSA) is 20.2 Å². The third-order valence-corrected chi connectivity index (χ3v) is 3.68. The van der Waals surface area contributed by atoms with Crippen LogP contribution in [0.4, 0.5) is 4.39 Å². The fourth-order valence-corrected chi connectivity index (χ4v) is 2.51. The van der Waals surface area contributed by atoms with Gasteiger partial charge < -0.3 is 5.11 Å². The van der Waals surface area contributed by atoms with Crippen molar-refractivity contribution in [3.05, 3.63) is 58.9 Å². The van der Waals surface area contributed by atoms with Crippen LogP contribution in [0.2, 0.25) is 5.02 Å². The second-order valence-corrected chi connectivity index (χ2v) is 4.89. The number of aromatic hydroxyl groups is 1. The van der Waals surface area contributed by atoms with E-state index in [0.717, 1.165) is 4.90 Å². The van der Waals surface area contributed by atoms with E-state index in [1.54, 1.807) is 30.3 Å². The molecule has 0 bridgehead atoms. The van der Waals surface area contributed by atoms with Crippen LogP contribution in [0.1, 0.15) is 5.56 Å². The van der Waals surface area contributed by atoms with Gasteiger partial charge in [0.25, 0.3) is 0 Å². The molecular formula is C13H10ClFOS. The molecule has 0 fully saturated rings. The third-order valence-electron chi connectivity index (χ3n) is 2.28. The van der Waals surface area contributed by atoms with Gasteiger partial charge in [-0.3, -0.25) is 0 Å². The van der Waals surface area contributed by atoms with Crippen molar-refractivity contribution in [3.63, 3.8) is 0 Å². The maximum atomic E-state index is 13.6. The summed E-state index contributed by atoms with van der Waals surface area (Å²) in [7, 11) is 0. The monoisotopic (exact) mass is 268 g/mol. The normalized spacial score (nSPS) is 10.5. The fraction of sp³-hybridized carbons (Fsp3) is 0.0769. The highest BCUT2D eigenvalue weighted by molar-refractivity contribution is 7.98. The molecule has 2 aromatic rings. The van der Waals surface area contributed by atoms with Crippen molar-refractivity contribution in [2.45, 2.75) is 10.6 Å². The van der Waals surface area contributed by atoms with E-state index in [2.05, 4.69) is 0 Å². The summed E-state index contributed by atoms with van der Waals surface area (Å²) in [5.41, 5.74) is 0.533. The Bertz CT molecular complexity index is 531. The minimum Gasteiger partial charge on any atom is -0.507 e. The molecule has 0 spiro atoms. The number of phenolic OH excluding ortho intramolecular Hbond substituents is 1. The van der Waals surface area contributed by atoms with Gasteiger partial charge in [-0.25, -0.2) is 4.39 Å². The zero-order valence-electron chi connectivity index (χ0n) is 8.86. The Kier molecular flexibility index (Phi) is 3.92. The molecule has 0 unspecified atom stereocenters. The largest absolute Gasteiger partial charge is 0.507 e. The Hall–Kier alpha value is -1.19. The fourth-order valence-electron chi connectivity index (χ4n) is 1.39. The summed E-state index contributed by atoms with van der Waals surface area (Å²) in [5, 5.41) is 9.70. The molecule has 17 heavy (non-hydrogen) atoms. The summed E-state index contributed by atoms with van der Waals surface area (Å²) < 4.78 is 13.6. The molecule has 0 heterocycles. The van der Waals surface area contributed by atoms with E-state index >= 15 is 0 Å². The van der Waals surface area contributed by atoms with Gasteiger partial charge in [0.1, 0.15) is 11.6 Å². The average Bonchev–Trinajstić information content (AvgIpc) is 2.33. The van der Waals surface area contributed by atoms with Gasteiger partial charge in [0, 0.05) is 10.6 Å². The molecule has 0 saturated heterocycles. The Morgan fingerprint density at radius 2 is 1.88 bits per heavy atom. The molecule has 0 aliphatic rings. The first-order valence-electron chi connectivity index (χ1n) is 5.02. The van der Waals surface area contributed by atoms with Crippen LogP contribution in [0.25, 0.3) is 0 Å². The Morgan fingerprint density at radius 1 is 1.12 bits per heavy atom. The quantitative estimate of drug-likeness (QED) is 0.829. The molecule has 2 rings (SSSR count). The number of hydrogen-bond donors (Lipinski definition) is 1. The number of phenols is 1. The number of halogens is 2. The van der Waals surface area contributed by atoms with Gasteiger partial charge in [-0.2, -0.15) is 0 Å². The van der Waals surface area contributed by atoms with Crippen LogP contribution < -0.4 is 0 Å². The maximum absolute atomic E-state index is 13.6. The van der Waals surface area contributed by atoms with E-state index in [0.29, 0.717) is 11.3 Å². The number of thioether (sulfide) groups is 1. The van der Waals surface area contributed by atoms with E-state index in [1.165, 1.54) is 17.8 Å². The third kappa shape index (κ3) is 2.93. The van der Waals surface area contributed by atoms with Crippen LogP contribution in [-0.4, -0.2) is 5.11 Å². The lowest BCUT2D eigenvalue weighted by molar-refractivity contribution is 0.462. The predicted octanol–water partition coefficient (Wildman–Crippen LogP) is 4.48. The van der Waals surface area contributed by atoms with Crippen molar-refractivity contribution >= 4 is 23.4 Å². The number of rotatable bonds is 3. The van der Waals surface area contributed by atoms with Gasteiger partial charge in [-0.1, -0.05) is 35.9 Å². The Balaban J connectivity index is 2.13. The van der Waals surface area contributed by atoms with Crippen LogP contribution in [0.5, 0.6) is 5.75 Å². The summed E-state index contributed by atoms with van der Waals surface area (Å²) in [6.07, 6.45) is 0. The lowest BCUT2D eigenvalue weighted by atomic mass is 10.2. The number of benzene rings is 2. The molecule has 88 valence electrons. The molecule has 0 aliphatic heterocycles. The molecule has 2 aromatic carbocycles. The molecule has 1 nitrogen and oxygen atoms in total.